The third-order valence-electron chi connectivity index (χ3n) is 2.88. The quantitative estimate of drug-likeness (QED) is 0.674. The summed E-state index contributed by atoms with van der Waals surface area (Å²) < 4.78 is 1.04. The second-order valence-corrected chi connectivity index (χ2v) is 4.17. The largest absolute Gasteiger partial charge is 0.477 e. The zero-order chi connectivity index (χ0) is 15.6. The van der Waals surface area contributed by atoms with E-state index in [1.807, 2.05) is 0 Å². The lowest BCUT2D eigenvalue weighted by Crippen LogP contribution is -2.28. The number of rotatable bonds is 4. The molecular formula is C13H11N3O5. The third kappa shape index (κ3) is 2.78. The molecule has 0 amide bonds. The fraction of sp³-hybridized carbons (Fsp3) is 0.154. The Hall–Kier alpha value is -3.03. The Morgan fingerprint density at radius 1 is 1.38 bits per heavy atom. The zero-order valence-corrected chi connectivity index (χ0v) is 11.0. The third-order valence-corrected chi connectivity index (χ3v) is 2.88. The highest BCUT2D eigenvalue weighted by Gasteiger charge is 2.15. The van der Waals surface area contributed by atoms with Crippen LogP contribution >= 0.6 is 0 Å². The molecule has 0 radical (unpaired) electrons. The number of carboxylic acid groups (broad SMARTS) is 1. The molecule has 0 aliphatic carbocycles. The van der Waals surface area contributed by atoms with E-state index in [1.54, 1.807) is 6.92 Å². The minimum atomic E-state index is -1.34. The van der Waals surface area contributed by atoms with Crippen molar-refractivity contribution < 1.29 is 14.8 Å². The number of carboxylic acids is 1. The molecule has 8 heteroatoms. The molecule has 0 bridgehead atoms. The van der Waals surface area contributed by atoms with Gasteiger partial charge in [-0.05, 0) is 25.1 Å². The van der Waals surface area contributed by atoms with Crippen molar-refractivity contribution in [3.05, 3.63) is 56.4 Å². The Morgan fingerprint density at radius 2 is 2.00 bits per heavy atom. The van der Waals surface area contributed by atoms with E-state index in [2.05, 4.69) is 5.10 Å². The first-order valence-electron chi connectivity index (χ1n) is 6.04. The summed E-state index contributed by atoms with van der Waals surface area (Å²) in [7, 11) is 0. The molecule has 0 unspecified atom stereocenters. The summed E-state index contributed by atoms with van der Waals surface area (Å²) in [6.45, 7) is 1.89. The Kier molecular flexibility index (Phi) is 3.79. The predicted molar refractivity (Wildman–Crippen MR) is 73.2 cm³/mol. The van der Waals surface area contributed by atoms with Crippen molar-refractivity contribution in [2.45, 2.75) is 13.5 Å². The van der Waals surface area contributed by atoms with Gasteiger partial charge in [-0.2, -0.15) is 5.10 Å². The SMILES string of the molecule is CCn1nc(-c2ccc([N+](=O)[O-])cc2)cc(C(=O)O)c1=O. The summed E-state index contributed by atoms with van der Waals surface area (Å²) in [4.78, 5) is 33.0. The number of non-ortho nitro benzene ring substituents is 1. The van der Waals surface area contributed by atoms with Gasteiger partial charge in [-0.1, -0.05) is 0 Å². The maximum Gasteiger partial charge on any atom is 0.341 e. The molecule has 0 atom stereocenters. The second-order valence-electron chi connectivity index (χ2n) is 4.17. The molecule has 0 saturated carbocycles. The molecule has 2 rings (SSSR count). The van der Waals surface area contributed by atoms with Crippen molar-refractivity contribution in [3.63, 3.8) is 0 Å². The lowest BCUT2D eigenvalue weighted by Gasteiger charge is -2.07. The summed E-state index contributed by atoms with van der Waals surface area (Å²) in [5.41, 5.74) is -0.397. The summed E-state index contributed by atoms with van der Waals surface area (Å²) in [5, 5.41) is 23.7. The van der Waals surface area contributed by atoms with Crippen LogP contribution < -0.4 is 5.56 Å². The van der Waals surface area contributed by atoms with Gasteiger partial charge in [0.15, 0.2) is 0 Å². The highest BCUT2D eigenvalue weighted by molar-refractivity contribution is 5.88. The van der Waals surface area contributed by atoms with Crippen molar-refractivity contribution in [1.29, 1.82) is 0 Å². The number of aromatic carboxylic acids is 1. The van der Waals surface area contributed by atoms with Gasteiger partial charge in [0.05, 0.1) is 10.6 Å². The standard InChI is InChI=1S/C13H11N3O5/c1-2-15-12(17)10(13(18)19)7-11(14-15)8-3-5-9(6-4-8)16(20)21/h3-7H,2H2,1H3,(H,18,19). The minimum absolute atomic E-state index is 0.0824. The van der Waals surface area contributed by atoms with E-state index < -0.39 is 16.5 Å². The summed E-state index contributed by atoms with van der Waals surface area (Å²) in [6, 6.07) is 6.66. The average Bonchev–Trinajstić information content (AvgIpc) is 2.47. The van der Waals surface area contributed by atoms with Gasteiger partial charge in [0, 0.05) is 24.2 Å². The Labute approximate surface area is 118 Å². The van der Waals surface area contributed by atoms with E-state index in [1.165, 1.54) is 24.3 Å². The van der Waals surface area contributed by atoms with Crippen LogP contribution in [0.25, 0.3) is 11.3 Å². The van der Waals surface area contributed by atoms with Crippen LogP contribution in [0.3, 0.4) is 0 Å². The van der Waals surface area contributed by atoms with Crippen molar-refractivity contribution in [1.82, 2.24) is 9.78 Å². The van der Waals surface area contributed by atoms with Gasteiger partial charge in [-0.25, -0.2) is 9.48 Å². The molecule has 21 heavy (non-hydrogen) atoms. The van der Waals surface area contributed by atoms with Gasteiger partial charge >= 0.3 is 5.97 Å². The van der Waals surface area contributed by atoms with Crippen LogP contribution in [-0.4, -0.2) is 25.8 Å². The molecule has 1 heterocycles. The first kappa shape index (κ1) is 14.4. The Morgan fingerprint density at radius 3 is 2.48 bits per heavy atom. The fourth-order valence-corrected chi connectivity index (χ4v) is 1.80. The number of carbonyl (C=O) groups is 1. The Balaban J connectivity index is 2.58. The smallest absolute Gasteiger partial charge is 0.341 e. The highest BCUT2D eigenvalue weighted by atomic mass is 16.6. The van der Waals surface area contributed by atoms with Crippen LogP contribution in [0.1, 0.15) is 17.3 Å². The fourth-order valence-electron chi connectivity index (χ4n) is 1.80. The topological polar surface area (TPSA) is 115 Å². The van der Waals surface area contributed by atoms with E-state index in [0.717, 1.165) is 10.7 Å². The molecular weight excluding hydrogens is 278 g/mol. The monoisotopic (exact) mass is 289 g/mol. The van der Waals surface area contributed by atoms with Gasteiger partial charge in [0.2, 0.25) is 0 Å². The molecule has 108 valence electrons. The van der Waals surface area contributed by atoms with E-state index in [0.29, 0.717) is 5.56 Å². The zero-order valence-electron chi connectivity index (χ0n) is 11.0. The van der Waals surface area contributed by atoms with Crippen molar-refractivity contribution in [2.75, 3.05) is 0 Å². The molecule has 8 nitrogen and oxygen atoms in total. The number of aromatic nitrogens is 2. The van der Waals surface area contributed by atoms with Gasteiger partial charge in [-0.15, -0.1) is 0 Å². The second kappa shape index (κ2) is 5.53. The van der Waals surface area contributed by atoms with E-state index in [-0.39, 0.29) is 23.5 Å². The van der Waals surface area contributed by atoms with Crippen LogP contribution in [0.2, 0.25) is 0 Å². The van der Waals surface area contributed by atoms with Gasteiger partial charge in [0.1, 0.15) is 5.56 Å². The van der Waals surface area contributed by atoms with Crippen LogP contribution in [0, 0.1) is 10.1 Å². The minimum Gasteiger partial charge on any atom is -0.477 e. The van der Waals surface area contributed by atoms with Crippen molar-refractivity contribution >= 4 is 11.7 Å². The average molecular weight is 289 g/mol. The molecule has 0 saturated heterocycles. The number of nitrogens with zero attached hydrogens (tertiary/aromatic N) is 3. The van der Waals surface area contributed by atoms with E-state index in [9.17, 15) is 19.7 Å². The maximum atomic E-state index is 11.8. The van der Waals surface area contributed by atoms with E-state index in [4.69, 9.17) is 5.11 Å². The molecule has 1 N–H and O–H groups in total. The molecule has 2 aromatic rings. The highest BCUT2D eigenvalue weighted by Crippen LogP contribution is 2.20. The van der Waals surface area contributed by atoms with Crippen LogP contribution in [0.4, 0.5) is 5.69 Å². The van der Waals surface area contributed by atoms with Crippen LogP contribution in [0.15, 0.2) is 35.1 Å². The molecule has 0 fully saturated rings. The van der Waals surface area contributed by atoms with Crippen LogP contribution in [0.5, 0.6) is 0 Å². The number of nitro benzene ring substituents is 1. The summed E-state index contributed by atoms with van der Waals surface area (Å²) in [6.07, 6.45) is 0. The van der Waals surface area contributed by atoms with Gasteiger partial charge in [0.25, 0.3) is 11.2 Å². The molecule has 1 aromatic heterocycles. The molecule has 0 aliphatic heterocycles. The van der Waals surface area contributed by atoms with Crippen molar-refractivity contribution in [3.8, 4) is 11.3 Å². The first-order chi connectivity index (χ1) is 9.93. The van der Waals surface area contributed by atoms with Gasteiger partial charge in [-0.3, -0.25) is 14.9 Å². The van der Waals surface area contributed by atoms with E-state index >= 15 is 0 Å². The predicted octanol–water partition coefficient (Wildman–Crippen LogP) is 1.54. The number of hydrogen-bond acceptors (Lipinski definition) is 5. The molecule has 0 aliphatic rings. The number of benzene rings is 1. The number of nitro groups is 1. The normalized spacial score (nSPS) is 10.3. The lowest BCUT2D eigenvalue weighted by molar-refractivity contribution is -0.384. The summed E-state index contributed by atoms with van der Waals surface area (Å²) >= 11 is 0. The number of hydrogen-bond donors (Lipinski definition) is 1. The lowest BCUT2D eigenvalue weighted by atomic mass is 10.1. The number of aryl methyl sites for hydroxylation is 1. The molecule has 1 aromatic carbocycles. The van der Waals surface area contributed by atoms with Crippen LogP contribution in [-0.2, 0) is 6.54 Å². The van der Waals surface area contributed by atoms with Gasteiger partial charge < -0.3 is 5.11 Å². The first-order valence-corrected chi connectivity index (χ1v) is 6.04. The maximum absolute atomic E-state index is 11.8. The van der Waals surface area contributed by atoms with Crippen molar-refractivity contribution in [2.24, 2.45) is 0 Å². The Bertz CT molecular complexity index is 764. The molecule has 0 spiro atoms. The summed E-state index contributed by atoms with van der Waals surface area (Å²) in [5.74, 6) is -1.34.